The maximum atomic E-state index is 14.9. The van der Waals surface area contributed by atoms with Crippen molar-refractivity contribution in [1.82, 2.24) is 9.97 Å². The van der Waals surface area contributed by atoms with Gasteiger partial charge < -0.3 is 10.1 Å². The van der Waals surface area contributed by atoms with Gasteiger partial charge in [-0.15, -0.1) is 0 Å². The summed E-state index contributed by atoms with van der Waals surface area (Å²) in [5.74, 6) is -1.32. The number of carboxylic acids is 1. The number of aromatic nitrogens is 2. The molecule has 8 heteroatoms. The van der Waals surface area contributed by atoms with Crippen LogP contribution in [0, 0.1) is 11.2 Å². The Bertz CT molecular complexity index is 1470. The minimum absolute atomic E-state index is 0.0265. The molecule has 0 spiro atoms. The maximum Gasteiger partial charge on any atom is 0.303 e. The van der Waals surface area contributed by atoms with Gasteiger partial charge >= 0.3 is 5.97 Å². The van der Waals surface area contributed by atoms with Crippen LogP contribution in [0.1, 0.15) is 26.0 Å². The van der Waals surface area contributed by atoms with Crippen molar-refractivity contribution >= 4 is 26.8 Å². The minimum Gasteiger partial charge on any atom is -0.481 e. The van der Waals surface area contributed by atoms with Crippen LogP contribution >= 0.6 is 0 Å². The number of aromatic amines is 1. The van der Waals surface area contributed by atoms with E-state index in [4.69, 9.17) is 5.11 Å². The van der Waals surface area contributed by atoms with E-state index < -0.39 is 27.0 Å². The van der Waals surface area contributed by atoms with Crippen molar-refractivity contribution in [1.29, 1.82) is 0 Å². The molecule has 2 aromatic heterocycles. The zero-order chi connectivity index (χ0) is 24.7. The quantitative estimate of drug-likeness (QED) is 0.365. The largest absolute Gasteiger partial charge is 0.481 e. The fourth-order valence-corrected chi connectivity index (χ4v) is 4.72. The van der Waals surface area contributed by atoms with Crippen LogP contribution in [0.25, 0.3) is 33.4 Å². The number of carboxylic acid groups (broad SMARTS) is 1. The first-order chi connectivity index (χ1) is 15.9. The van der Waals surface area contributed by atoms with E-state index in [1.54, 1.807) is 36.4 Å². The first kappa shape index (κ1) is 23.6. The number of aliphatic carboxylic acids is 1. The highest BCUT2D eigenvalue weighted by molar-refractivity contribution is 7.90. The van der Waals surface area contributed by atoms with Crippen LogP contribution in [0.2, 0.25) is 0 Å². The van der Waals surface area contributed by atoms with E-state index in [9.17, 15) is 17.6 Å². The predicted octanol–water partition coefficient (Wildman–Crippen LogP) is 5.48. The van der Waals surface area contributed by atoms with Crippen molar-refractivity contribution in [3.63, 3.8) is 0 Å². The highest BCUT2D eigenvalue weighted by atomic mass is 32.2. The summed E-state index contributed by atoms with van der Waals surface area (Å²) in [6.45, 7) is 3.75. The Morgan fingerprint density at radius 1 is 1.00 bits per heavy atom. The fourth-order valence-electron chi connectivity index (χ4n) is 4.09. The number of halogens is 1. The number of nitrogens with zero attached hydrogens (tertiary/aromatic N) is 1. The fraction of sp³-hybridized carbons (Fsp3) is 0.231. The van der Waals surface area contributed by atoms with E-state index in [1.807, 2.05) is 32.0 Å². The number of fused-ring (bicyclic) bond motifs is 1. The third-order valence-electron chi connectivity index (χ3n) is 5.68. The highest BCUT2D eigenvalue weighted by Gasteiger charge is 2.23. The zero-order valence-corrected chi connectivity index (χ0v) is 19.9. The number of pyridine rings is 1. The molecule has 0 radical (unpaired) electrons. The smallest absolute Gasteiger partial charge is 0.303 e. The van der Waals surface area contributed by atoms with Gasteiger partial charge in [0.1, 0.15) is 5.69 Å². The van der Waals surface area contributed by atoms with Crippen LogP contribution < -0.4 is 0 Å². The van der Waals surface area contributed by atoms with Crippen molar-refractivity contribution < 1.29 is 22.7 Å². The summed E-state index contributed by atoms with van der Waals surface area (Å²) < 4.78 is 38.2. The van der Waals surface area contributed by atoms with Crippen molar-refractivity contribution in [3.8, 4) is 22.4 Å². The topological polar surface area (TPSA) is 100 Å². The van der Waals surface area contributed by atoms with E-state index >= 15 is 0 Å². The molecule has 2 heterocycles. The molecule has 0 atom stereocenters. The SMILES string of the molecule is CC(C)(CC(=O)O)Cc1cc2nc(-c3ccc(-c4ccc(S(C)(=O)=O)cc4)cc3)c(F)cc2[nH]1. The molecule has 2 N–H and O–H groups in total. The average molecular weight is 481 g/mol. The lowest BCUT2D eigenvalue weighted by molar-refractivity contribution is -0.139. The zero-order valence-electron chi connectivity index (χ0n) is 19.1. The van der Waals surface area contributed by atoms with Crippen molar-refractivity contribution in [3.05, 3.63) is 72.2 Å². The molecule has 0 aliphatic carbocycles. The molecule has 34 heavy (non-hydrogen) atoms. The number of rotatable bonds is 7. The van der Waals surface area contributed by atoms with Crippen LogP contribution in [0.5, 0.6) is 0 Å². The Morgan fingerprint density at radius 2 is 1.56 bits per heavy atom. The van der Waals surface area contributed by atoms with Gasteiger partial charge in [0, 0.05) is 23.6 Å². The second-order valence-electron chi connectivity index (χ2n) is 9.33. The number of H-pyrrole nitrogens is 1. The van der Waals surface area contributed by atoms with Gasteiger partial charge in [-0.25, -0.2) is 17.8 Å². The highest BCUT2D eigenvalue weighted by Crippen LogP contribution is 2.30. The van der Waals surface area contributed by atoms with E-state index in [2.05, 4.69) is 9.97 Å². The third kappa shape index (κ3) is 5.17. The monoisotopic (exact) mass is 480 g/mol. The number of benzene rings is 2. The average Bonchev–Trinajstić information content (AvgIpc) is 3.11. The molecule has 0 saturated carbocycles. The van der Waals surface area contributed by atoms with E-state index in [0.717, 1.165) is 16.8 Å². The summed E-state index contributed by atoms with van der Waals surface area (Å²) in [4.78, 5) is 19.0. The van der Waals surface area contributed by atoms with E-state index in [1.165, 1.54) is 12.3 Å². The predicted molar refractivity (Wildman–Crippen MR) is 130 cm³/mol. The molecular weight excluding hydrogens is 455 g/mol. The molecule has 0 unspecified atom stereocenters. The molecule has 0 fully saturated rings. The maximum absolute atomic E-state index is 14.9. The second kappa shape index (κ2) is 8.68. The standard InChI is InChI=1S/C26H25FN2O4S/c1-26(2,15-24(30)31)14-19-12-22-23(28-19)13-21(27)25(29-22)18-6-4-16(5-7-18)17-8-10-20(11-9-17)34(3,32)33/h4-13,28H,14-15H2,1-3H3,(H,30,31). The Kier molecular flexibility index (Phi) is 6.03. The van der Waals surface area contributed by atoms with Crippen LogP contribution in [0.4, 0.5) is 4.39 Å². The van der Waals surface area contributed by atoms with Gasteiger partial charge in [0.25, 0.3) is 0 Å². The first-order valence-electron chi connectivity index (χ1n) is 10.7. The minimum atomic E-state index is -3.26. The Hall–Kier alpha value is -3.52. The first-order valence-corrected chi connectivity index (χ1v) is 12.6. The van der Waals surface area contributed by atoms with Gasteiger partial charge in [-0.3, -0.25) is 4.79 Å². The number of nitrogens with one attached hydrogen (secondary N) is 1. The second-order valence-corrected chi connectivity index (χ2v) is 11.3. The summed E-state index contributed by atoms with van der Waals surface area (Å²) >= 11 is 0. The molecule has 176 valence electrons. The van der Waals surface area contributed by atoms with Crippen LogP contribution in [-0.2, 0) is 21.1 Å². The molecule has 0 aliphatic heterocycles. The van der Waals surface area contributed by atoms with Crippen LogP contribution in [0.3, 0.4) is 0 Å². The Morgan fingerprint density at radius 3 is 2.12 bits per heavy atom. The van der Waals surface area contributed by atoms with Gasteiger partial charge in [-0.2, -0.15) is 0 Å². The summed E-state index contributed by atoms with van der Waals surface area (Å²) in [6.07, 6.45) is 1.69. The van der Waals surface area contributed by atoms with Crippen molar-refractivity contribution in [2.45, 2.75) is 31.6 Å². The number of carbonyl (C=O) groups is 1. The van der Waals surface area contributed by atoms with Gasteiger partial charge in [-0.05, 0) is 41.2 Å². The summed E-state index contributed by atoms with van der Waals surface area (Å²) in [6, 6.07) is 17.1. The molecule has 2 aromatic carbocycles. The van der Waals surface area contributed by atoms with Gasteiger partial charge in [0.15, 0.2) is 15.7 Å². The van der Waals surface area contributed by atoms with Crippen molar-refractivity contribution in [2.24, 2.45) is 5.41 Å². The molecule has 0 aliphatic rings. The van der Waals surface area contributed by atoms with Crippen LogP contribution in [0.15, 0.2) is 65.6 Å². The molecule has 0 amide bonds. The van der Waals surface area contributed by atoms with E-state index in [-0.39, 0.29) is 17.0 Å². The van der Waals surface area contributed by atoms with Gasteiger partial charge in [-0.1, -0.05) is 50.2 Å². The lowest BCUT2D eigenvalue weighted by Crippen LogP contribution is -2.19. The normalized spacial score (nSPS) is 12.2. The lowest BCUT2D eigenvalue weighted by atomic mass is 9.84. The third-order valence-corrected chi connectivity index (χ3v) is 6.81. The Labute approximate surface area is 197 Å². The number of hydrogen-bond acceptors (Lipinski definition) is 4. The number of hydrogen-bond donors (Lipinski definition) is 2. The summed E-state index contributed by atoms with van der Waals surface area (Å²) in [5.41, 5.74) is 4.08. The molecule has 0 saturated heterocycles. The summed E-state index contributed by atoms with van der Waals surface area (Å²) in [7, 11) is -3.26. The molecule has 4 aromatic rings. The van der Waals surface area contributed by atoms with E-state index in [0.29, 0.717) is 23.0 Å². The summed E-state index contributed by atoms with van der Waals surface area (Å²) in [5, 5.41) is 9.11. The van der Waals surface area contributed by atoms with Crippen LogP contribution in [-0.4, -0.2) is 35.7 Å². The lowest BCUT2D eigenvalue weighted by Gasteiger charge is -2.21. The Balaban J connectivity index is 1.61. The molecule has 4 rings (SSSR count). The molecule has 6 nitrogen and oxygen atoms in total. The number of sulfone groups is 1. The molecular formula is C26H25FN2O4S. The van der Waals surface area contributed by atoms with Gasteiger partial charge in [0.05, 0.1) is 22.3 Å². The van der Waals surface area contributed by atoms with Gasteiger partial charge in [0.2, 0.25) is 0 Å². The van der Waals surface area contributed by atoms with Crippen molar-refractivity contribution in [2.75, 3.05) is 6.26 Å². The molecule has 0 bridgehead atoms.